The van der Waals surface area contributed by atoms with E-state index in [2.05, 4.69) is 25.7 Å². The highest BCUT2D eigenvalue weighted by Gasteiger charge is 2.22. The summed E-state index contributed by atoms with van der Waals surface area (Å²) in [4.78, 5) is 2.34. The molecule has 2 nitrogen and oxygen atoms in total. The molecule has 0 saturated carbocycles. The first-order valence-corrected chi connectivity index (χ1v) is 5.39. The average Bonchev–Trinajstić information content (AvgIpc) is 2.03. The lowest BCUT2D eigenvalue weighted by molar-refractivity contribution is 0.00725. The molecule has 0 aliphatic carbocycles. The Balaban J connectivity index is 4.08. The minimum atomic E-state index is -0.528. The molecule has 0 aromatic carbocycles. The highest BCUT2D eigenvalue weighted by atomic mass is 16.3. The van der Waals surface area contributed by atoms with Crippen molar-refractivity contribution in [2.45, 2.75) is 59.1 Å². The molecule has 0 saturated heterocycles. The molecule has 0 rings (SSSR count). The Hall–Kier alpha value is -0.0800. The Labute approximate surface area is 82.9 Å². The molecule has 0 radical (unpaired) electrons. The molecule has 80 valence electrons. The van der Waals surface area contributed by atoms with Crippen LogP contribution in [0.1, 0.15) is 47.5 Å². The molecule has 2 heteroatoms. The molecule has 13 heavy (non-hydrogen) atoms. The lowest BCUT2D eigenvalue weighted by Crippen LogP contribution is -2.44. The largest absolute Gasteiger partial charge is 0.389 e. The molecular weight excluding hydrogens is 162 g/mol. The van der Waals surface area contributed by atoms with Crippen molar-refractivity contribution in [3.63, 3.8) is 0 Å². The van der Waals surface area contributed by atoms with Gasteiger partial charge in [-0.3, -0.25) is 4.90 Å². The summed E-state index contributed by atoms with van der Waals surface area (Å²) in [5, 5.41) is 9.93. The third-order valence-electron chi connectivity index (χ3n) is 2.55. The first-order valence-electron chi connectivity index (χ1n) is 5.39. The molecule has 0 amide bonds. The van der Waals surface area contributed by atoms with Gasteiger partial charge in [0.05, 0.1) is 5.60 Å². The molecule has 0 aliphatic rings. The van der Waals surface area contributed by atoms with Gasteiger partial charge in [-0.05, 0) is 40.2 Å². The van der Waals surface area contributed by atoms with Gasteiger partial charge in [-0.1, -0.05) is 13.8 Å². The van der Waals surface area contributed by atoms with Gasteiger partial charge in [-0.15, -0.1) is 0 Å². The molecule has 1 N–H and O–H groups in total. The molecule has 0 aromatic heterocycles. The van der Waals surface area contributed by atoms with Crippen molar-refractivity contribution in [1.29, 1.82) is 0 Å². The zero-order chi connectivity index (χ0) is 10.5. The van der Waals surface area contributed by atoms with E-state index in [0.29, 0.717) is 6.04 Å². The van der Waals surface area contributed by atoms with Crippen LogP contribution in [-0.2, 0) is 0 Å². The van der Waals surface area contributed by atoms with E-state index in [1.54, 1.807) is 0 Å². The van der Waals surface area contributed by atoms with Crippen LogP contribution in [0.15, 0.2) is 0 Å². The van der Waals surface area contributed by atoms with Gasteiger partial charge in [0.25, 0.3) is 0 Å². The number of aliphatic hydroxyl groups is 1. The first-order chi connectivity index (χ1) is 5.93. The lowest BCUT2D eigenvalue weighted by atomic mass is 10.0. The number of nitrogens with zero attached hydrogens (tertiary/aromatic N) is 1. The highest BCUT2D eigenvalue weighted by molar-refractivity contribution is 4.77. The summed E-state index contributed by atoms with van der Waals surface area (Å²) in [6.45, 7) is 12.4. The van der Waals surface area contributed by atoms with Crippen LogP contribution < -0.4 is 0 Å². The van der Waals surface area contributed by atoms with Crippen molar-refractivity contribution in [1.82, 2.24) is 4.90 Å². The molecule has 0 bridgehead atoms. The molecule has 0 aromatic rings. The number of hydrogen-bond donors (Lipinski definition) is 1. The lowest BCUT2D eigenvalue weighted by Gasteiger charge is -2.33. The molecular formula is C11H25NO. The monoisotopic (exact) mass is 187 g/mol. The predicted octanol–water partition coefficient (Wildman–Crippen LogP) is 2.27. The van der Waals surface area contributed by atoms with E-state index in [-0.39, 0.29) is 0 Å². The van der Waals surface area contributed by atoms with E-state index < -0.39 is 5.60 Å². The molecule has 0 aliphatic heterocycles. The van der Waals surface area contributed by atoms with E-state index >= 15 is 0 Å². The Morgan fingerprint density at radius 2 is 1.85 bits per heavy atom. The van der Waals surface area contributed by atoms with Crippen molar-refractivity contribution < 1.29 is 5.11 Å². The highest BCUT2D eigenvalue weighted by Crippen LogP contribution is 2.13. The van der Waals surface area contributed by atoms with Crippen molar-refractivity contribution in [3.8, 4) is 0 Å². The van der Waals surface area contributed by atoms with Crippen LogP contribution in [-0.4, -0.2) is 34.7 Å². The Morgan fingerprint density at radius 1 is 1.31 bits per heavy atom. The standard InChI is InChI=1S/C11H25NO/c1-6-8-12(10(3)4)9-11(5,13)7-2/h10,13H,6-9H2,1-5H3. The summed E-state index contributed by atoms with van der Waals surface area (Å²) in [5.74, 6) is 0. The summed E-state index contributed by atoms with van der Waals surface area (Å²) in [6, 6.07) is 0.526. The number of rotatable bonds is 6. The average molecular weight is 187 g/mol. The van der Waals surface area contributed by atoms with Crippen LogP contribution >= 0.6 is 0 Å². The van der Waals surface area contributed by atoms with Gasteiger partial charge in [-0.25, -0.2) is 0 Å². The Morgan fingerprint density at radius 3 is 2.15 bits per heavy atom. The summed E-state index contributed by atoms with van der Waals surface area (Å²) >= 11 is 0. The molecule has 0 heterocycles. The second-order valence-electron chi connectivity index (χ2n) is 4.41. The van der Waals surface area contributed by atoms with Crippen LogP contribution in [0.5, 0.6) is 0 Å². The molecule has 1 atom stereocenters. The van der Waals surface area contributed by atoms with Crippen LogP contribution in [0.25, 0.3) is 0 Å². The second-order valence-corrected chi connectivity index (χ2v) is 4.41. The third kappa shape index (κ3) is 5.27. The van der Waals surface area contributed by atoms with Gasteiger partial charge < -0.3 is 5.11 Å². The molecule has 1 unspecified atom stereocenters. The van der Waals surface area contributed by atoms with Gasteiger partial charge in [0.1, 0.15) is 0 Å². The van der Waals surface area contributed by atoms with Gasteiger partial charge in [-0.2, -0.15) is 0 Å². The van der Waals surface area contributed by atoms with E-state index in [1.165, 1.54) is 0 Å². The van der Waals surface area contributed by atoms with Gasteiger partial charge >= 0.3 is 0 Å². The minimum absolute atomic E-state index is 0.526. The zero-order valence-corrected chi connectivity index (χ0v) is 9.80. The van der Waals surface area contributed by atoms with E-state index in [0.717, 1.165) is 25.9 Å². The topological polar surface area (TPSA) is 23.5 Å². The quantitative estimate of drug-likeness (QED) is 0.689. The maximum Gasteiger partial charge on any atom is 0.0743 e. The minimum Gasteiger partial charge on any atom is -0.389 e. The molecule has 0 fully saturated rings. The SMILES string of the molecule is CCCN(CC(C)(O)CC)C(C)C. The van der Waals surface area contributed by atoms with Crippen molar-refractivity contribution in [2.24, 2.45) is 0 Å². The fraction of sp³-hybridized carbons (Fsp3) is 1.00. The van der Waals surface area contributed by atoms with Crippen molar-refractivity contribution in [2.75, 3.05) is 13.1 Å². The Kier molecular flexibility index (Phi) is 5.57. The fourth-order valence-electron chi connectivity index (χ4n) is 1.36. The second kappa shape index (κ2) is 5.61. The van der Waals surface area contributed by atoms with Crippen LogP contribution in [0.4, 0.5) is 0 Å². The summed E-state index contributed by atoms with van der Waals surface area (Å²) in [5.41, 5.74) is -0.528. The predicted molar refractivity (Wildman–Crippen MR) is 57.9 cm³/mol. The van der Waals surface area contributed by atoms with Crippen molar-refractivity contribution in [3.05, 3.63) is 0 Å². The van der Waals surface area contributed by atoms with Crippen molar-refractivity contribution >= 4 is 0 Å². The van der Waals surface area contributed by atoms with E-state index in [4.69, 9.17) is 0 Å². The van der Waals surface area contributed by atoms with E-state index in [9.17, 15) is 5.11 Å². The fourth-order valence-corrected chi connectivity index (χ4v) is 1.36. The molecule has 0 spiro atoms. The maximum atomic E-state index is 9.93. The third-order valence-corrected chi connectivity index (χ3v) is 2.55. The van der Waals surface area contributed by atoms with Gasteiger partial charge in [0, 0.05) is 12.6 Å². The van der Waals surface area contributed by atoms with Crippen LogP contribution in [0.2, 0.25) is 0 Å². The summed E-state index contributed by atoms with van der Waals surface area (Å²) in [6.07, 6.45) is 1.97. The first kappa shape index (κ1) is 12.9. The van der Waals surface area contributed by atoms with E-state index in [1.807, 2.05) is 13.8 Å². The number of hydrogen-bond acceptors (Lipinski definition) is 2. The maximum absolute atomic E-state index is 9.93. The van der Waals surface area contributed by atoms with Gasteiger partial charge in [0.15, 0.2) is 0 Å². The zero-order valence-electron chi connectivity index (χ0n) is 9.80. The normalized spacial score (nSPS) is 16.6. The van der Waals surface area contributed by atoms with Crippen LogP contribution in [0, 0.1) is 0 Å². The van der Waals surface area contributed by atoms with Gasteiger partial charge in [0.2, 0.25) is 0 Å². The Bertz CT molecular complexity index is 132. The smallest absolute Gasteiger partial charge is 0.0743 e. The summed E-state index contributed by atoms with van der Waals surface area (Å²) < 4.78 is 0. The van der Waals surface area contributed by atoms with Crippen LogP contribution in [0.3, 0.4) is 0 Å². The summed E-state index contributed by atoms with van der Waals surface area (Å²) in [7, 11) is 0.